The molecule has 0 aliphatic heterocycles. The van der Waals surface area contributed by atoms with Crippen molar-refractivity contribution in [3.05, 3.63) is 83.6 Å². The Morgan fingerprint density at radius 1 is 1.04 bits per heavy atom. The average Bonchev–Trinajstić information content (AvgIpc) is 3.25. The van der Waals surface area contributed by atoms with Crippen molar-refractivity contribution in [3.8, 4) is 0 Å². The molecule has 0 spiro atoms. The number of methoxy groups -OCH3 is 1. The van der Waals surface area contributed by atoms with Gasteiger partial charge in [0, 0.05) is 12.4 Å². The van der Waals surface area contributed by atoms with Gasteiger partial charge in [-0.1, -0.05) is 12.1 Å². The molecule has 2 amide bonds. The van der Waals surface area contributed by atoms with Crippen LogP contribution in [0.25, 0.3) is 0 Å². The number of carbonyl (C=O) groups excluding carboxylic acids is 3. The van der Waals surface area contributed by atoms with Gasteiger partial charge in [-0.15, -0.1) is 0 Å². The number of carbonyl (C=O) groups is 3. The fourth-order valence-corrected chi connectivity index (χ4v) is 2.45. The maximum absolute atomic E-state index is 12.5. The van der Waals surface area contributed by atoms with E-state index in [1.807, 2.05) is 0 Å². The molecule has 0 saturated heterocycles. The monoisotopic (exact) mass is 379 g/mol. The smallest absolute Gasteiger partial charge is 0.339 e. The van der Waals surface area contributed by atoms with Crippen LogP contribution in [-0.2, 0) is 11.3 Å². The van der Waals surface area contributed by atoms with Crippen molar-refractivity contribution in [1.82, 2.24) is 10.3 Å². The van der Waals surface area contributed by atoms with Crippen LogP contribution < -0.4 is 10.6 Å². The molecule has 8 nitrogen and oxygen atoms in total. The Kier molecular flexibility index (Phi) is 5.81. The van der Waals surface area contributed by atoms with Gasteiger partial charge in [0.2, 0.25) is 0 Å². The van der Waals surface area contributed by atoms with E-state index in [1.54, 1.807) is 30.3 Å². The highest BCUT2D eigenvalue weighted by Gasteiger charge is 2.16. The number of nitrogens with zero attached hydrogens (tertiary/aromatic N) is 1. The third-order valence-corrected chi connectivity index (χ3v) is 3.85. The third-order valence-electron chi connectivity index (χ3n) is 3.85. The van der Waals surface area contributed by atoms with E-state index < -0.39 is 17.8 Å². The molecule has 0 unspecified atom stereocenters. The highest BCUT2D eigenvalue weighted by molar-refractivity contribution is 6.08. The number of esters is 1. The molecule has 3 rings (SSSR count). The van der Waals surface area contributed by atoms with Crippen molar-refractivity contribution in [2.75, 3.05) is 12.4 Å². The first-order valence-electron chi connectivity index (χ1n) is 8.33. The Morgan fingerprint density at radius 3 is 2.50 bits per heavy atom. The molecule has 2 heterocycles. The maximum atomic E-state index is 12.5. The predicted octanol–water partition coefficient (Wildman–Crippen LogP) is 2.64. The van der Waals surface area contributed by atoms with Gasteiger partial charge in [0.05, 0.1) is 42.3 Å². The molecule has 0 aliphatic carbocycles. The fourth-order valence-electron chi connectivity index (χ4n) is 2.45. The number of furan rings is 1. The standard InChI is InChI=1S/C20H17N3O5/c1-27-20(26)16-6-2-3-7-17(16)23-19(25)14-9-13(10-21-11-14)18(24)22-12-15-5-4-8-28-15/h2-11H,12H2,1H3,(H,22,24)(H,23,25). The van der Waals surface area contributed by atoms with Crippen LogP contribution >= 0.6 is 0 Å². The van der Waals surface area contributed by atoms with Crippen molar-refractivity contribution in [2.24, 2.45) is 0 Å². The molecule has 28 heavy (non-hydrogen) atoms. The highest BCUT2D eigenvalue weighted by Crippen LogP contribution is 2.17. The molecular weight excluding hydrogens is 362 g/mol. The Hall–Kier alpha value is -3.94. The molecule has 2 N–H and O–H groups in total. The minimum absolute atomic E-state index is 0.172. The van der Waals surface area contributed by atoms with Gasteiger partial charge < -0.3 is 19.8 Å². The summed E-state index contributed by atoms with van der Waals surface area (Å²) in [5.41, 5.74) is 0.913. The SMILES string of the molecule is COC(=O)c1ccccc1NC(=O)c1cncc(C(=O)NCc2ccco2)c1. The molecule has 0 saturated carbocycles. The summed E-state index contributed by atoms with van der Waals surface area (Å²) < 4.78 is 9.86. The minimum atomic E-state index is -0.569. The summed E-state index contributed by atoms with van der Waals surface area (Å²) in [5, 5.41) is 5.32. The van der Waals surface area contributed by atoms with Crippen molar-refractivity contribution < 1.29 is 23.5 Å². The molecule has 0 fully saturated rings. The van der Waals surface area contributed by atoms with Crippen LogP contribution in [0.2, 0.25) is 0 Å². The molecule has 3 aromatic rings. The van der Waals surface area contributed by atoms with Crippen LogP contribution in [0.5, 0.6) is 0 Å². The second-order valence-corrected chi connectivity index (χ2v) is 5.72. The quantitative estimate of drug-likeness (QED) is 0.637. The summed E-state index contributed by atoms with van der Waals surface area (Å²) in [6.07, 6.45) is 4.20. The molecule has 0 bridgehead atoms. The van der Waals surface area contributed by atoms with E-state index in [2.05, 4.69) is 15.6 Å². The number of amides is 2. The first-order chi connectivity index (χ1) is 13.6. The van der Waals surface area contributed by atoms with Crippen molar-refractivity contribution >= 4 is 23.5 Å². The fraction of sp³-hybridized carbons (Fsp3) is 0.100. The lowest BCUT2D eigenvalue weighted by Crippen LogP contribution is -2.23. The Morgan fingerprint density at radius 2 is 1.79 bits per heavy atom. The molecule has 0 aliphatic rings. The van der Waals surface area contributed by atoms with Gasteiger partial charge >= 0.3 is 5.97 Å². The zero-order valence-electron chi connectivity index (χ0n) is 15.0. The average molecular weight is 379 g/mol. The second kappa shape index (κ2) is 8.63. The number of pyridine rings is 1. The number of nitrogens with one attached hydrogen (secondary N) is 2. The van der Waals surface area contributed by atoms with Crippen LogP contribution in [-0.4, -0.2) is 29.9 Å². The van der Waals surface area contributed by atoms with Gasteiger partial charge in [-0.3, -0.25) is 14.6 Å². The summed E-state index contributed by atoms with van der Waals surface area (Å²) >= 11 is 0. The Labute approximate surface area is 160 Å². The molecular formula is C20H17N3O5. The molecule has 8 heteroatoms. The second-order valence-electron chi connectivity index (χ2n) is 5.72. The number of ether oxygens (including phenoxy) is 1. The molecule has 142 valence electrons. The number of hydrogen-bond acceptors (Lipinski definition) is 6. The number of benzene rings is 1. The van der Waals surface area contributed by atoms with E-state index >= 15 is 0 Å². The minimum Gasteiger partial charge on any atom is -0.467 e. The van der Waals surface area contributed by atoms with E-state index in [0.29, 0.717) is 11.4 Å². The van der Waals surface area contributed by atoms with Crippen molar-refractivity contribution in [2.45, 2.75) is 6.54 Å². The highest BCUT2D eigenvalue weighted by atomic mass is 16.5. The van der Waals surface area contributed by atoms with E-state index in [9.17, 15) is 14.4 Å². The van der Waals surface area contributed by atoms with Gasteiger partial charge in [-0.25, -0.2) is 4.79 Å². The number of rotatable bonds is 6. The topological polar surface area (TPSA) is 111 Å². The van der Waals surface area contributed by atoms with Crippen LogP contribution in [0.1, 0.15) is 36.8 Å². The van der Waals surface area contributed by atoms with Crippen molar-refractivity contribution in [1.29, 1.82) is 0 Å². The van der Waals surface area contributed by atoms with Gasteiger partial charge in [0.1, 0.15) is 5.76 Å². The lowest BCUT2D eigenvalue weighted by atomic mass is 10.1. The predicted molar refractivity (Wildman–Crippen MR) is 99.8 cm³/mol. The molecule has 2 aromatic heterocycles. The number of anilines is 1. The van der Waals surface area contributed by atoms with E-state index in [4.69, 9.17) is 9.15 Å². The molecule has 0 atom stereocenters. The van der Waals surface area contributed by atoms with Crippen LogP contribution in [0.3, 0.4) is 0 Å². The Bertz CT molecular complexity index is 999. The zero-order chi connectivity index (χ0) is 19.9. The van der Waals surface area contributed by atoms with Gasteiger partial charge in [0.25, 0.3) is 11.8 Å². The lowest BCUT2D eigenvalue weighted by molar-refractivity contribution is 0.0601. The lowest BCUT2D eigenvalue weighted by Gasteiger charge is -2.10. The van der Waals surface area contributed by atoms with E-state index in [0.717, 1.165) is 0 Å². The largest absolute Gasteiger partial charge is 0.467 e. The normalized spacial score (nSPS) is 10.2. The van der Waals surface area contributed by atoms with E-state index in [-0.39, 0.29) is 23.2 Å². The summed E-state index contributed by atoms with van der Waals surface area (Å²) in [4.78, 5) is 40.6. The zero-order valence-corrected chi connectivity index (χ0v) is 15.0. The van der Waals surface area contributed by atoms with Gasteiger partial charge in [0.15, 0.2) is 0 Å². The summed E-state index contributed by atoms with van der Waals surface area (Å²) in [7, 11) is 1.26. The first-order valence-corrected chi connectivity index (χ1v) is 8.33. The van der Waals surface area contributed by atoms with Crippen LogP contribution in [0, 0.1) is 0 Å². The Balaban J connectivity index is 1.72. The number of para-hydroxylation sites is 1. The summed E-state index contributed by atoms with van der Waals surface area (Å²) in [6, 6.07) is 11.3. The van der Waals surface area contributed by atoms with Crippen molar-refractivity contribution in [3.63, 3.8) is 0 Å². The van der Waals surface area contributed by atoms with Gasteiger partial charge in [-0.05, 0) is 30.3 Å². The number of hydrogen-bond donors (Lipinski definition) is 2. The van der Waals surface area contributed by atoms with Crippen LogP contribution in [0.15, 0.2) is 65.5 Å². The first kappa shape index (κ1) is 18.8. The summed E-state index contributed by atoms with van der Waals surface area (Å²) in [6.45, 7) is 0.217. The summed E-state index contributed by atoms with van der Waals surface area (Å²) in [5.74, 6) is -0.868. The third kappa shape index (κ3) is 4.42. The molecule has 1 aromatic carbocycles. The van der Waals surface area contributed by atoms with E-state index in [1.165, 1.54) is 37.9 Å². The van der Waals surface area contributed by atoms with Gasteiger partial charge in [-0.2, -0.15) is 0 Å². The number of aromatic nitrogens is 1. The van der Waals surface area contributed by atoms with Crippen LogP contribution in [0.4, 0.5) is 5.69 Å². The molecule has 0 radical (unpaired) electrons. The maximum Gasteiger partial charge on any atom is 0.339 e.